The molecular formula is C13H18FN. The van der Waals surface area contributed by atoms with Gasteiger partial charge in [-0.1, -0.05) is 12.1 Å². The second kappa shape index (κ2) is 3.93. The van der Waals surface area contributed by atoms with Crippen molar-refractivity contribution in [2.75, 3.05) is 0 Å². The van der Waals surface area contributed by atoms with E-state index in [1.807, 2.05) is 6.07 Å². The Hall–Kier alpha value is -0.890. The quantitative estimate of drug-likeness (QED) is 0.744. The van der Waals surface area contributed by atoms with E-state index in [1.165, 1.54) is 18.9 Å². The molecule has 2 heteroatoms. The molecule has 1 aliphatic heterocycles. The molecule has 1 atom stereocenters. The first kappa shape index (κ1) is 10.6. The third kappa shape index (κ3) is 2.57. The van der Waals surface area contributed by atoms with Gasteiger partial charge in [-0.15, -0.1) is 0 Å². The number of hydrogen-bond donors (Lipinski definition) is 1. The van der Waals surface area contributed by atoms with Crippen LogP contribution in [0.1, 0.15) is 44.7 Å². The predicted molar refractivity (Wildman–Crippen MR) is 60.2 cm³/mol. The fourth-order valence-corrected chi connectivity index (χ4v) is 2.34. The zero-order valence-electron chi connectivity index (χ0n) is 9.39. The number of halogens is 1. The minimum Gasteiger partial charge on any atom is -0.305 e. The van der Waals surface area contributed by atoms with E-state index in [2.05, 4.69) is 19.2 Å². The van der Waals surface area contributed by atoms with Crippen molar-refractivity contribution in [3.63, 3.8) is 0 Å². The van der Waals surface area contributed by atoms with E-state index in [0.717, 1.165) is 12.0 Å². The minimum atomic E-state index is -0.141. The van der Waals surface area contributed by atoms with E-state index in [4.69, 9.17) is 0 Å². The molecular weight excluding hydrogens is 189 g/mol. The molecule has 1 nitrogen and oxygen atoms in total. The van der Waals surface area contributed by atoms with Crippen LogP contribution < -0.4 is 5.32 Å². The summed E-state index contributed by atoms with van der Waals surface area (Å²) in [6.07, 6.45) is 3.51. The van der Waals surface area contributed by atoms with Gasteiger partial charge < -0.3 is 5.32 Å². The van der Waals surface area contributed by atoms with Crippen LogP contribution in [0.4, 0.5) is 4.39 Å². The maximum absolute atomic E-state index is 13.1. The van der Waals surface area contributed by atoms with E-state index < -0.39 is 0 Å². The Kier molecular flexibility index (Phi) is 2.79. The first-order valence-corrected chi connectivity index (χ1v) is 5.60. The third-order valence-electron chi connectivity index (χ3n) is 3.11. The van der Waals surface area contributed by atoms with Crippen LogP contribution in [0.15, 0.2) is 24.3 Å². The summed E-state index contributed by atoms with van der Waals surface area (Å²) in [6.45, 7) is 4.41. The fraction of sp³-hybridized carbons (Fsp3) is 0.538. The molecule has 0 bridgehead atoms. The van der Waals surface area contributed by atoms with Crippen LogP contribution in [0, 0.1) is 5.82 Å². The average Bonchev–Trinajstić information content (AvgIpc) is 2.16. The Morgan fingerprint density at radius 3 is 2.87 bits per heavy atom. The Balaban J connectivity index is 2.17. The monoisotopic (exact) mass is 207 g/mol. The van der Waals surface area contributed by atoms with E-state index >= 15 is 0 Å². The van der Waals surface area contributed by atoms with Crippen LogP contribution in [0.25, 0.3) is 0 Å². The molecule has 0 aliphatic carbocycles. The smallest absolute Gasteiger partial charge is 0.123 e. The van der Waals surface area contributed by atoms with Crippen LogP contribution in [-0.2, 0) is 0 Å². The lowest BCUT2D eigenvalue weighted by atomic mass is 9.86. The summed E-state index contributed by atoms with van der Waals surface area (Å²) in [5.74, 6) is -0.141. The molecule has 1 heterocycles. The molecule has 1 fully saturated rings. The van der Waals surface area contributed by atoms with E-state index in [9.17, 15) is 4.39 Å². The normalized spacial score (nSPS) is 25.1. The zero-order valence-corrected chi connectivity index (χ0v) is 9.39. The molecule has 1 aliphatic rings. The Morgan fingerprint density at radius 2 is 2.20 bits per heavy atom. The van der Waals surface area contributed by atoms with Gasteiger partial charge in [0.2, 0.25) is 0 Å². The highest BCUT2D eigenvalue weighted by Gasteiger charge is 2.27. The molecule has 1 N–H and O–H groups in total. The van der Waals surface area contributed by atoms with Crippen LogP contribution in [0.2, 0.25) is 0 Å². The van der Waals surface area contributed by atoms with Gasteiger partial charge in [0.25, 0.3) is 0 Å². The Morgan fingerprint density at radius 1 is 1.40 bits per heavy atom. The maximum Gasteiger partial charge on any atom is 0.123 e. The Labute approximate surface area is 90.7 Å². The molecule has 0 spiro atoms. The fourth-order valence-electron chi connectivity index (χ4n) is 2.34. The molecule has 0 amide bonds. The molecule has 2 rings (SSSR count). The summed E-state index contributed by atoms with van der Waals surface area (Å²) in [5.41, 5.74) is 1.25. The molecule has 1 aromatic rings. The summed E-state index contributed by atoms with van der Waals surface area (Å²) in [6, 6.07) is 7.23. The highest BCUT2D eigenvalue weighted by atomic mass is 19.1. The first-order valence-electron chi connectivity index (χ1n) is 5.60. The molecule has 0 unspecified atom stereocenters. The second-order valence-corrected chi connectivity index (χ2v) is 5.03. The van der Waals surface area contributed by atoms with Gasteiger partial charge in [-0.3, -0.25) is 0 Å². The lowest BCUT2D eigenvalue weighted by Gasteiger charge is -2.37. The summed E-state index contributed by atoms with van der Waals surface area (Å²) in [5, 5.41) is 3.57. The lowest BCUT2D eigenvalue weighted by molar-refractivity contribution is 0.245. The summed E-state index contributed by atoms with van der Waals surface area (Å²) >= 11 is 0. The van der Waals surface area contributed by atoms with Gasteiger partial charge in [0.15, 0.2) is 0 Å². The van der Waals surface area contributed by atoms with Gasteiger partial charge in [-0.05, 0) is 50.8 Å². The number of nitrogens with one attached hydrogen (secondary N) is 1. The molecule has 0 aromatic heterocycles. The van der Waals surface area contributed by atoms with Crippen molar-refractivity contribution in [3.8, 4) is 0 Å². The lowest BCUT2D eigenvalue weighted by Crippen LogP contribution is -2.44. The zero-order chi connectivity index (χ0) is 10.9. The summed E-state index contributed by atoms with van der Waals surface area (Å²) < 4.78 is 13.1. The minimum absolute atomic E-state index is 0.141. The van der Waals surface area contributed by atoms with Crippen molar-refractivity contribution >= 4 is 0 Å². The largest absolute Gasteiger partial charge is 0.305 e. The number of rotatable bonds is 1. The molecule has 0 radical (unpaired) electrons. The first-order chi connectivity index (χ1) is 7.07. The number of hydrogen-bond acceptors (Lipinski definition) is 1. The highest BCUT2D eigenvalue weighted by Crippen LogP contribution is 2.30. The van der Waals surface area contributed by atoms with Gasteiger partial charge in [0, 0.05) is 11.6 Å². The number of piperidine rings is 1. The van der Waals surface area contributed by atoms with Crippen molar-refractivity contribution < 1.29 is 4.39 Å². The second-order valence-electron chi connectivity index (χ2n) is 5.03. The third-order valence-corrected chi connectivity index (χ3v) is 3.11. The van der Waals surface area contributed by atoms with Crippen molar-refractivity contribution in [1.82, 2.24) is 5.32 Å². The van der Waals surface area contributed by atoms with Gasteiger partial charge in [-0.25, -0.2) is 4.39 Å². The van der Waals surface area contributed by atoms with Crippen molar-refractivity contribution in [2.45, 2.75) is 44.7 Å². The van der Waals surface area contributed by atoms with Crippen LogP contribution >= 0.6 is 0 Å². The van der Waals surface area contributed by atoms with Gasteiger partial charge in [0.1, 0.15) is 5.82 Å². The average molecular weight is 207 g/mol. The van der Waals surface area contributed by atoms with Gasteiger partial charge in [-0.2, -0.15) is 0 Å². The highest BCUT2D eigenvalue weighted by molar-refractivity contribution is 5.21. The molecule has 82 valence electrons. The van der Waals surface area contributed by atoms with Gasteiger partial charge >= 0.3 is 0 Å². The Bertz CT molecular complexity index is 346. The topological polar surface area (TPSA) is 12.0 Å². The summed E-state index contributed by atoms with van der Waals surface area (Å²) in [7, 11) is 0. The van der Waals surface area contributed by atoms with E-state index in [0.29, 0.717) is 6.04 Å². The molecule has 1 aromatic carbocycles. The standard InChI is InChI=1S/C13H18FN/c1-13(2)8-4-7-12(15-13)10-5-3-6-11(14)9-10/h3,5-6,9,12,15H,4,7-8H2,1-2H3/t12-/m0/s1. The molecule has 0 saturated carbocycles. The number of benzene rings is 1. The van der Waals surface area contributed by atoms with Gasteiger partial charge in [0.05, 0.1) is 0 Å². The predicted octanol–water partition coefficient (Wildman–Crippen LogP) is 3.42. The van der Waals surface area contributed by atoms with Crippen molar-refractivity contribution in [1.29, 1.82) is 0 Å². The van der Waals surface area contributed by atoms with E-state index in [1.54, 1.807) is 12.1 Å². The molecule has 1 saturated heterocycles. The SMILES string of the molecule is CC1(C)CCC[C@@H](c2cccc(F)c2)N1. The molecule has 15 heavy (non-hydrogen) atoms. The van der Waals surface area contributed by atoms with Crippen LogP contribution in [0.3, 0.4) is 0 Å². The van der Waals surface area contributed by atoms with Crippen LogP contribution in [0.5, 0.6) is 0 Å². The van der Waals surface area contributed by atoms with Crippen molar-refractivity contribution in [2.24, 2.45) is 0 Å². The van der Waals surface area contributed by atoms with Crippen molar-refractivity contribution in [3.05, 3.63) is 35.6 Å². The maximum atomic E-state index is 13.1. The summed E-state index contributed by atoms with van der Waals surface area (Å²) in [4.78, 5) is 0. The van der Waals surface area contributed by atoms with Crippen LogP contribution in [-0.4, -0.2) is 5.54 Å². The van der Waals surface area contributed by atoms with E-state index in [-0.39, 0.29) is 11.4 Å².